The summed E-state index contributed by atoms with van der Waals surface area (Å²) in [6, 6.07) is 9.09. The molecular formula is C21H19ClN4O4S2. The molecule has 166 valence electrons. The summed E-state index contributed by atoms with van der Waals surface area (Å²) in [4.78, 5) is 28.9. The van der Waals surface area contributed by atoms with Gasteiger partial charge in [-0.05, 0) is 36.6 Å². The quantitative estimate of drug-likeness (QED) is 0.517. The number of thiazole rings is 1. The van der Waals surface area contributed by atoms with Crippen molar-refractivity contribution in [3.8, 4) is 10.7 Å². The molecule has 0 bridgehead atoms. The van der Waals surface area contributed by atoms with Gasteiger partial charge in [0.15, 0.2) is 0 Å². The van der Waals surface area contributed by atoms with Gasteiger partial charge in [0.05, 0.1) is 10.4 Å². The number of ether oxygens (including phenoxy) is 1. The number of nitrogens with zero attached hydrogens (tertiary/aromatic N) is 4. The second-order valence-electron chi connectivity index (χ2n) is 7.86. The normalized spacial score (nSPS) is 17.7. The smallest absolute Gasteiger partial charge is 0.274 e. The van der Waals surface area contributed by atoms with Crippen LogP contribution in [0.5, 0.6) is 0 Å². The third-order valence-corrected chi connectivity index (χ3v) is 8.11. The van der Waals surface area contributed by atoms with E-state index >= 15 is 0 Å². The maximum Gasteiger partial charge on any atom is 0.274 e. The van der Waals surface area contributed by atoms with Crippen LogP contribution in [0, 0.1) is 0 Å². The molecule has 1 saturated heterocycles. The number of fused-ring (bicyclic) bond motifs is 2. The lowest BCUT2D eigenvalue weighted by atomic mass is 9.88. The first kappa shape index (κ1) is 21.4. The summed E-state index contributed by atoms with van der Waals surface area (Å²) < 4.78 is 29.3. The molecule has 2 aromatic heterocycles. The van der Waals surface area contributed by atoms with Gasteiger partial charge in [0.1, 0.15) is 16.4 Å². The fraction of sp³-hybridized carbons (Fsp3) is 0.333. The molecule has 32 heavy (non-hydrogen) atoms. The summed E-state index contributed by atoms with van der Waals surface area (Å²) >= 11 is 7.54. The Balaban J connectivity index is 1.57. The Kier molecular flexibility index (Phi) is 5.28. The highest BCUT2D eigenvalue weighted by Crippen LogP contribution is 2.50. The first-order valence-corrected chi connectivity index (χ1v) is 13.1. The van der Waals surface area contributed by atoms with Gasteiger partial charge in [-0.15, -0.1) is 11.3 Å². The Labute approximate surface area is 194 Å². The summed E-state index contributed by atoms with van der Waals surface area (Å²) in [5.74, 6) is -0.151. The zero-order valence-electron chi connectivity index (χ0n) is 17.1. The van der Waals surface area contributed by atoms with E-state index in [9.17, 15) is 13.2 Å². The van der Waals surface area contributed by atoms with Crippen LogP contribution < -0.4 is 0 Å². The van der Waals surface area contributed by atoms with Gasteiger partial charge in [-0.25, -0.2) is 23.4 Å². The molecular weight excluding hydrogens is 472 g/mol. The standard InChI is InChI=1S/C21H19ClN4O4S2/c1-32(28,29)20-23-8-5-15(24-20)18-25-16-17(31-18)21(6-9-30-10-7-21)26(19(16)27)12-13-3-2-4-14(22)11-13/h2-5,8,11H,6-7,9-10,12H2,1H3. The number of hydrogen-bond donors (Lipinski definition) is 0. The maximum absolute atomic E-state index is 13.5. The van der Waals surface area contributed by atoms with E-state index in [0.29, 0.717) is 54.0 Å². The average molecular weight is 491 g/mol. The molecule has 0 unspecified atom stereocenters. The van der Waals surface area contributed by atoms with Crippen LogP contribution in [-0.4, -0.2) is 53.6 Å². The van der Waals surface area contributed by atoms with Crippen molar-refractivity contribution >= 4 is 38.7 Å². The minimum absolute atomic E-state index is 0.151. The van der Waals surface area contributed by atoms with E-state index in [-0.39, 0.29) is 11.1 Å². The summed E-state index contributed by atoms with van der Waals surface area (Å²) in [6.45, 7) is 1.50. The number of carbonyl (C=O) groups is 1. The van der Waals surface area contributed by atoms with Crippen molar-refractivity contribution in [3.63, 3.8) is 0 Å². The van der Waals surface area contributed by atoms with Crippen LogP contribution in [0.2, 0.25) is 5.02 Å². The molecule has 1 amide bonds. The second-order valence-corrected chi connectivity index (χ2v) is 11.2. The van der Waals surface area contributed by atoms with Gasteiger partial charge in [0.25, 0.3) is 5.91 Å². The fourth-order valence-corrected chi connectivity index (χ4v) is 6.23. The molecule has 1 aromatic carbocycles. The number of rotatable bonds is 4. The van der Waals surface area contributed by atoms with Crippen molar-refractivity contribution in [2.24, 2.45) is 0 Å². The Morgan fingerprint density at radius 1 is 1.22 bits per heavy atom. The Bertz CT molecular complexity index is 1320. The Hall–Kier alpha value is -2.40. The molecule has 5 rings (SSSR count). The van der Waals surface area contributed by atoms with Crippen LogP contribution >= 0.6 is 22.9 Å². The van der Waals surface area contributed by atoms with E-state index in [1.54, 1.807) is 12.1 Å². The van der Waals surface area contributed by atoms with Crippen molar-refractivity contribution in [2.45, 2.75) is 30.1 Å². The second kappa shape index (κ2) is 7.87. The van der Waals surface area contributed by atoms with Crippen LogP contribution in [0.4, 0.5) is 0 Å². The van der Waals surface area contributed by atoms with Crippen molar-refractivity contribution in [1.29, 1.82) is 0 Å². The highest BCUT2D eigenvalue weighted by molar-refractivity contribution is 7.90. The number of aromatic nitrogens is 3. The molecule has 2 aliphatic rings. The lowest BCUT2D eigenvalue weighted by Gasteiger charge is -2.41. The molecule has 0 radical (unpaired) electrons. The van der Waals surface area contributed by atoms with E-state index in [0.717, 1.165) is 16.7 Å². The monoisotopic (exact) mass is 490 g/mol. The maximum atomic E-state index is 13.5. The average Bonchev–Trinajstić information content (AvgIpc) is 3.30. The number of halogens is 1. The van der Waals surface area contributed by atoms with Gasteiger partial charge >= 0.3 is 0 Å². The predicted molar refractivity (Wildman–Crippen MR) is 119 cm³/mol. The van der Waals surface area contributed by atoms with Crippen LogP contribution in [0.25, 0.3) is 10.7 Å². The summed E-state index contributed by atoms with van der Waals surface area (Å²) in [5.41, 5.74) is 1.21. The largest absolute Gasteiger partial charge is 0.381 e. The van der Waals surface area contributed by atoms with Crippen LogP contribution in [-0.2, 0) is 26.7 Å². The van der Waals surface area contributed by atoms with Crippen LogP contribution in [0.3, 0.4) is 0 Å². The zero-order valence-corrected chi connectivity index (χ0v) is 19.5. The van der Waals surface area contributed by atoms with Crippen LogP contribution in [0.1, 0.15) is 33.8 Å². The minimum Gasteiger partial charge on any atom is -0.381 e. The first-order valence-electron chi connectivity index (χ1n) is 9.97. The molecule has 0 N–H and O–H groups in total. The van der Waals surface area contributed by atoms with Crippen LogP contribution in [0.15, 0.2) is 41.7 Å². The van der Waals surface area contributed by atoms with Gasteiger partial charge in [-0.1, -0.05) is 23.7 Å². The van der Waals surface area contributed by atoms with Gasteiger partial charge < -0.3 is 9.64 Å². The van der Waals surface area contributed by atoms with Crippen molar-refractivity contribution in [3.05, 3.63) is 57.7 Å². The zero-order chi connectivity index (χ0) is 22.5. The Morgan fingerprint density at radius 3 is 2.72 bits per heavy atom. The molecule has 0 atom stereocenters. The fourth-order valence-electron chi connectivity index (χ4n) is 4.22. The SMILES string of the molecule is CS(=O)(=O)c1nccc(-c2nc3c(s2)C2(CCOCC2)N(Cc2cccc(Cl)c2)C3=O)n1. The van der Waals surface area contributed by atoms with Gasteiger partial charge in [-0.2, -0.15) is 0 Å². The van der Waals surface area contributed by atoms with Crippen molar-refractivity contribution in [1.82, 2.24) is 19.9 Å². The number of hydrogen-bond acceptors (Lipinski definition) is 8. The summed E-state index contributed by atoms with van der Waals surface area (Å²) in [6.07, 6.45) is 3.77. The Morgan fingerprint density at radius 2 is 2.00 bits per heavy atom. The predicted octanol–water partition coefficient (Wildman–Crippen LogP) is 3.32. The molecule has 1 fully saturated rings. The highest BCUT2D eigenvalue weighted by atomic mass is 35.5. The minimum atomic E-state index is -3.56. The molecule has 8 nitrogen and oxygen atoms in total. The molecule has 0 aliphatic carbocycles. The highest BCUT2D eigenvalue weighted by Gasteiger charge is 2.53. The van der Waals surface area contributed by atoms with Crippen molar-refractivity contribution in [2.75, 3.05) is 19.5 Å². The summed E-state index contributed by atoms with van der Waals surface area (Å²) in [5, 5.41) is 0.861. The molecule has 4 heterocycles. The topological polar surface area (TPSA) is 102 Å². The molecule has 11 heteroatoms. The molecule has 1 spiro atoms. The lowest BCUT2D eigenvalue weighted by molar-refractivity contribution is -0.0166. The van der Waals surface area contributed by atoms with Gasteiger partial charge in [-0.3, -0.25) is 4.79 Å². The van der Waals surface area contributed by atoms with E-state index in [1.807, 2.05) is 23.1 Å². The number of amides is 1. The van der Waals surface area contributed by atoms with E-state index in [1.165, 1.54) is 17.5 Å². The number of sulfone groups is 1. The summed E-state index contributed by atoms with van der Waals surface area (Å²) in [7, 11) is -3.56. The van der Waals surface area contributed by atoms with Gasteiger partial charge in [0.2, 0.25) is 15.0 Å². The lowest BCUT2D eigenvalue weighted by Crippen LogP contribution is -2.47. The number of carbonyl (C=O) groups excluding carboxylic acids is 1. The third kappa shape index (κ3) is 3.61. The third-order valence-electron chi connectivity index (χ3n) is 5.75. The molecule has 0 saturated carbocycles. The van der Waals surface area contributed by atoms with E-state index in [4.69, 9.17) is 16.3 Å². The molecule has 2 aliphatic heterocycles. The first-order chi connectivity index (χ1) is 15.3. The van der Waals surface area contributed by atoms with Crippen molar-refractivity contribution < 1.29 is 17.9 Å². The van der Waals surface area contributed by atoms with E-state index in [2.05, 4.69) is 15.0 Å². The van der Waals surface area contributed by atoms with E-state index < -0.39 is 15.4 Å². The van der Waals surface area contributed by atoms with Gasteiger partial charge in [0, 0.05) is 37.2 Å². The molecule has 3 aromatic rings. The number of benzene rings is 1.